The quantitative estimate of drug-likeness (QED) is 0.591. The Morgan fingerprint density at radius 2 is 1.75 bits per heavy atom. The van der Waals surface area contributed by atoms with Gasteiger partial charge in [-0.1, -0.05) is 42.5 Å². The van der Waals surface area contributed by atoms with Crippen molar-refractivity contribution in [2.45, 2.75) is 18.3 Å². The molecule has 1 fully saturated rings. The van der Waals surface area contributed by atoms with Gasteiger partial charge in [0.2, 0.25) is 0 Å². The number of carbonyl (C=O) groups is 1. The van der Waals surface area contributed by atoms with Crippen LogP contribution < -0.4 is 10.1 Å². The molecule has 1 heterocycles. The number of likely N-dealkylation sites (N-methyl/N-ethyl adjacent to an activating group) is 1. The normalized spacial score (nSPS) is 16.6. The first kappa shape index (κ1) is 24.2. The van der Waals surface area contributed by atoms with Gasteiger partial charge in [0, 0.05) is 38.6 Å². The Kier molecular flexibility index (Phi) is 7.89. The van der Waals surface area contributed by atoms with Crippen LogP contribution in [0.2, 0.25) is 0 Å². The van der Waals surface area contributed by atoms with Crippen molar-refractivity contribution in [2.24, 2.45) is 0 Å². The highest BCUT2D eigenvalue weighted by molar-refractivity contribution is 7.86. The lowest BCUT2D eigenvalue weighted by atomic mass is 9.73. The van der Waals surface area contributed by atoms with E-state index in [0.29, 0.717) is 43.8 Å². The first-order valence-corrected chi connectivity index (χ1v) is 12.0. The van der Waals surface area contributed by atoms with Crippen LogP contribution in [0.3, 0.4) is 0 Å². The Morgan fingerprint density at radius 1 is 1.12 bits per heavy atom. The van der Waals surface area contributed by atoms with Crippen molar-refractivity contribution in [3.8, 4) is 5.75 Å². The number of nitrogens with one attached hydrogen (secondary N) is 1. The van der Waals surface area contributed by atoms with Gasteiger partial charge in [0.15, 0.2) is 0 Å². The molecule has 2 N–H and O–H groups in total. The van der Waals surface area contributed by atoms with Crippen molar-refractivity contribution in [1.29, 1.82) is 0 Å². The van der Waals surface area contributed by atoms with Crippen LogP contribution in [0, 0.1) is 0 Å². The largest absolute Gasteiger partial charge is 0.496 e. The molecular formula is C23H31N3O5S. The van der Waals surface area contributed by atoms with Crippen molar-refractivity contribution in [3.05, 3.63) is 65.7 Å². The van der Waals surface area contributed by atoms with Gasteiger partial charge >= 0.3 is 0 Å². The van der Waals surface area contributed by atoms with E-state index >= 15 is 0 Å². The summed E-state index contributed by atoms with van der Waals surface area (Å²) in [6, 6.07) is 17.0. The summed E-state index contributed by atoms with van der Waals surface area (Å²) >= 11 is 0. The minimum absolute atomic E-state index is 0.0532. The number of para-hydroxylation sites is 1. The summed E-state index contributed by atoms with van der Waals surface area (Å²) < 4.78 is 33.5. The molecule has 2 aromatic carbocycles. The van der Waals surface area contributed by atoms with Crippen LogP contribution in [-0.2, 0) is 15.6 Å². The third-order valence-corrected chi connectivity index (χ3v) is 8.13. The molecule has 2 aromatic rings. The lowest BCUT2D eigenvalue weighted by molar-refractivity contribution is 0.0929. The minimum Gasteiger partial charge on any atom is -0.496 e. The molecular weight excluding hydrogens is 430 g/mol. The fourth-order valence-corrected chi connectivity index (χ4v) is 5.49. The van der Waals surface area contributed by atoms with Gasteiger partial charge in [-0.25, -0.2) is 0 Å². The Balaban J connectivity index is 1.78. The van der Waals surface area contributed by atoms with Crippen molar-refractivity contribution in [3.63, 3.8) is 0 Å². The van der Waals surface area contributed by atoms with Gasteiger partial charge in [0.25, 0.3) is 16.1 Å². The van der Waals surface area contributed by atoms with E-state index in [-0.39, 0.29) is 24.5 Å². The summed E-state index contributed by atoms with van der Waals surface area (Å²) in [7, 11) is -0.637. The summed E-state index contributed by atoms with van der Waals surface area (Å²) in [5, 5.41) is 12.2. The maximum Gasteiger partial charge on any atom is 0.281 e. The number of hydrogen-bond acceptors (Lipinski definition) is 5. The van der Waals surface area contributed by atoms with Crippen molar-refractivity contribution in [1.82, 2.24) is 13.9 Å². The molecule has 1 amide bonds. The van der Waals surface area contributed by atoms with Crippen LogP contribution in [0.15, 0.2) is 54.6 Å². The number of carbonyl (C=O) groups excluding carboxylic acids is 1. The van der Waals surface area contributed by atoms with E-state index in [1.807, 2.05) is 36.4 Å². The first-order valence-electron chi connectivity index (χ1n) is 10.6. The maximum absolute atomic E-state index is 12.9. The van der Waals surface area contributed by atoms with Crippen LogP contribution in [0.5, 0.6) is 5.75 Å². The fraction of sp³-hybridized carbons (Fsp3) is 0.435. The number of amides is 1. The summed E-state index contributed by atoms with van der Waals surface area (Å²) in [6.45, 7) is 0.868. The summed E-state index contributed by atoms with van der Waals surface area (Å²) in [4.78, 5) is 12.9. The standard InChI is InChI=1S/C23H31N3O5S/c1-25(16-17-27)32(29,30)26-14-12-23(13-15-26,19-8-4-3-5-9-19)18-24-22(28)20-10-6-7-11-21(20)31-2/h3-11,27H,12-18H2,1-2H3,(H,24,28). The van der Waals surface area contributed by atoms with E-state index in [0.717, 1.165) is 5.56 Å². The number of benzene rings is 2. The first-order chi connectivity index (χ1) is 15.3. The number of hydrogen-bond donors (Lipinski definition) is 2. The second-order valence-electron chi connectivity index (χ2n) is 7.98. The van der Waals surface area contributed by atoms with Gasteiger partial charge in [-0.05, 0) is 30.5 Å². The average molecular weight is 462 g/mol. The van der Waals surface area contributed by atoms with Gasteiger partial charge in [-0.3, -0.25) is 4.79 Å². The molecule has 32 heavy (non-hydrogen) atoms. The number of rotatable bonds is 9. The van der Waals surface area contributed by atoms with Crippen LogP contribution in [0.25, 0.3) is 0 Å². The molecule has 0 atom stereocenters. The molecule has 0 aromatic heterocycles. The van der Waals surface area contributed by atoms with Crippen LogP contribution in [0.4, 0.5) is 0 Å². The Hall–Kier alpha value is -2.46. The Labute approximate surface area is 190 Å². The molecule has 9 heteroatoms. The molecule has 0 bridgehead atoms. The Bertz CT molecular complexity index is 1010. The average Bonchev–Trinajstić information content (AvgIpc) is 2.83. The van der Waals surface area contributed by atoms with Crippen molar-refractivity contribution >= 4 is 16.1 Å². The van der Waals surface area contributed by atoms with Gasteiger partial charge in [0.05, 0.1) is 19.3 Å². The highest BCUT2D eigenvalue weighted by atomic mass is 32.2. The molecule has 0 saturated carbocycles. The van der Waals surface area contributed by atoms with E-state index in [9.17, 15) is 13.2 Å². The molecule has 1 saturated heterocycles. The predicted octanol–water partition coefficient (Wildman–Crippen LogP) is 1.63. The lowest BCUT2D eigenvalue weighted by Crippen LogP contribution is -2.53. The molecule has 1 aliphatic heterocycles. The van der Waals surface area contributed by atoms with Gasteiger partial charge in [-0.15, -0.1) is 0 Å². The third-order valence-electron chi connectivity index (χ3n) is 6.14. The third kappa shape index (κ3) is 5.12. The monoisotopic (exact) mass is 461 g/mol. The fourth-order valence-electron chi connectivity index (χ4n) is 4.13. The van der Waals surface area contributed by atoms with E-state index in [2.05, 4.69) is 5.32 Å². The highest BCUT2D eigenvalue weighted by Gasteiger charge is 2.40. The molecule has 8 nitrogen and oxygen atoms in total. The van der Waals surface area contributed by atoms with E-state index < -0.39 is 10.2 Å². The molecule has 0 aliphatic carbocycles. The summed E-state index contributed by atoms with van der Waals surface area (Å²) in [6.07, 6.45) is 1.13. The van der Waals surface area contributed by atoms with E-state index in [4.69, 9.17) is 9.84 Å². The zero-order valence-corrected chi connectivity index (χ0v) is 19.3. The number of aliphatic hydroxyl groups is 1. The number of nitrogens with zero attached hydrogens (tertiary/aromatic N) is 2. The minimum atomic E-state index is -3.64. The lowest BCUT2D eigenvalue weighted by Gasteiger charge is -2.42. The number of piperidine rings is 1. The van der Waals surface area contributed by atoms with E-state index in [1.54, 1.807) is 18.2 Å². The van der Waals surface area contributed by atoms with E-state index in [1.165, 1.54) is 22.8 Å². The van der Waals surface area contributed by atoms with Crippen LogP contribution >= 0.6 is 0 Å². The zero-order valence-electron chi connectivity index (χ0n) is 18.5. The Morgan fingerprint density at radius 3 is 2.38 bits per heavy atom. The van der Waals surface area contributed by atoms with Gasteiger partial charge in [0.1, 0.15) is 5.75 Å². The number of aliphatic hydroxyl groups excluding tert-OH is 1. The number of ether oxygens (including phenoxy) is 1. The SMILES string of the molecule is COc1ccccc1C(=O)NCC1(c2ccccc2)CCN(S(=O)(=O)N(C)CCO)CC1. The topological polar surface area (TPSA) is 99.2 Å². The molecule has 0 unspecified atom stereocenters. The number of methoxy groups -OCH3 is 1. The second-order valence-corrected chi connectivity index (χ2v) is 10.0. The van der Waals surface area contributed by atoms with Crippen molar-refractivity contribution < 1.29 is 23.1 Å². The van der Waals surface area contributed by atoms with Gasteiger partial charge < -0.3 is 15.2 Å². The molecule has 0 spiro atoms. The van der Waals surface area contributed by atoms with Crippen molar-refractivity contribution in [2.75, 3.05) is 46.9 Å². The molecule has 0 radical (unpaired) electrons. The maximum atomic E-state index is 12.9. The summed E-state index contributed by atoms with van der Waals surface area (Å²) in [5.74, 6) is 0.280. The smallest absolute Gasteiger partial charge is 0.281 e. The van der Waals surface area contributed by atoms with Crippen LogP contribution in [-0.4, -0.2) is 75.0 Å². The molecule has 3 rings (SSSR count). The molecule has 1 aliphatic rings. The molecule has 174 valence electrons. The predicted molar refractivity (Wildman–Crippen MR) is 123 cm³/mol. The van der Waals surface area contributed by atoms with Crippen LogP contribution in [0.1, 0.15) is 28.8 Å². The summed E-state index contributed by atoms with van der Waals surface area (Å²) in [5.41, 5.74) is 1.14. The van der Waals surface area contributed by atoms with Gasteiger partial charge in [-0.2, -0.15) is 17.0 Å². The zero-order chi connectivity index (χ0) is 23.2. The second kappa shape index (κ2) is 10.4. The highest BCUT2D eigenvalue weighted by Crippen LogP contribution is 2.36.